The van der Waals surface area contributed by atoms with Gasteiger partial charge in [0.2, 0.25) is 0 Å². The number of hydrazone groups is 1. The molecule has 1 heterocycles. The van der Waals surface area contributed by atoms with Crippen molar-refractivity contribution in [2.75, 3.05) is 13.7 Å². The molecular weight excluding hydrogens is 407 g/mol. The molecule has 3 rings (SSSR count). The van der Waals surface area contributed by atoms with Gasteiger partial charge >= 0.3 is 0 Å². The number of benzene rings is 2. The van der Waals surface area contributed by atoms with Gasteiger partial charge in [-0.2, -0.15) is 5.10 Å². The smallest absolute Gasteiger partial charge is 0.283 e. The van der Waals surface area contributed by atoms with Gasteiger partial charge in [0.05, 0.1) is 25.0 Å². The van der Waals surface area contributed by atoms with Gasteiger partial charge < -0.3 is 9.47 Å². The highest BCUT2D eigenvalue weighted by Gasteiger charge is 2.17. The van der Waals surface area contributed by atoms with Crippen molar-refractivity contribution in [2.24, 2.45) is 5.10 Å². The number of fused-ring (bicyclic) bond motifs is 1. The standard InChI is InChI=1S/C19H16Cl2N2O3S/c1-3-26-14-7-4-11(8-15(14)25-2)10-22-23-19(24)18-17(21)13-6-5-12(20)9-16(13)27-18/h4-10H,3H2,1-2H3,(H,23,24)/b22-10-. The van der Waals surface area contributed by atoms with Crippen molar-refractivity contribution < 1.29 is 14.3 Å². The fraction of sp³-hybridized carbons (Fsp3) is 0.158. The monoisotopic (exact) mass is 422 g/mol. The van der Waals surface area contributed by atoms with Crippen LogP contribution in [0.2, 0.25) is 10.0 Å². The summed E-state index contributed by atoms with van der Waals surface area (Å²) >= 11 is 13.6. The summed E-state index contributed by atoms with van der Waals surface area (Å²) in [5.74, 6) is 0.861. The van der Waals surface area contributed by atoms with E-state index in [1.54, 1.807) is 37.4 Å². The zero-order valence-corrected chi connectivity index (χ0v) is 16.9. The summed E-state index contributed by atoms with van der Waals surface area (Å²) in [6.07, 6.45) is 1.52. The molecule has 0 aliphatic heterocycles. The Morgan fingerprint density at radius 3 is 2.78 bits per heavy atom. The van der Waals surface area contributed by atoms with Crippen molar-refractivity contribution >= 4 is 56.7 Å². The third-order valence-corrected chi connectivity index (χ3v) is 5.56. The predicted molar refractivity (Wildman–Crippen MR) is 111 cm³/mol. The van der Waals surface area contributed by atoms with E-state index in [2.05, 4.69) is 10.5 Å². The number of rotatable bonds is 6. The summed E-state index contributed by atoms with van der Waals surface area (Å²) < 4.78 is 11.6. The Morgan fingerprint density at radius 1 is 1.22 bits per heavy atom. The van der Waals surface area contributed by atoms with Crippen molar-refractivity contribution in [3.05, 3.63) is 56.9 Å². The van der Waals surface area contributed by atoms with E-state index >= 15 is 0 Å². The molecule has 0 saturated carbocycles. The molecule has 0 aliphatic rings. The molecule has 1 aromatic heterocycles. The van der Waals surface area contributed by atoms with Crippen LogP contribution in [-0.2, 0) is 0 Å². The lowest BCUT2D eigenvalue weighted by molar-refractivity contribution is 0.0959. The number of carbonyl (C=O) groups excluding carboxylic acids is 1. The van der Waals surface area contributed by atoms with E-state index in [0.29, 0.717) is 33.0 Å². The zero-order chi connectivity index (χ0) is 19.4. The van der Waals surface area contributed by atoms with Gasteiger partial charge in [-0.1, -0.05) is 29.3 Å². The Bertz CT molecular complexity index is 1020. The summed E-state index contributed by atoms with van der Waals surface area (Å²) in [4.78, 5) is 12.8. The number of thiophene rings is 1. The minimum Gasteiger partial charge on any atom is -0.493 e. The molecule has 0 spiro atoms. The van der Waals surface area contributed by atoms with Gasteiger partial charge in [0, 0.05) is 15.1 Å². The maximum Gasteiger partial charge on any atom is 0.283 e. The number of nitrogens with zero attached hydrogens (tertiary/aromatic N) is 1. The van der Waals surface area contributed by atoms with E-state index in [1.165, 1.54) is 17.6 Å². The molecule has 27 heavy (non-hydrogen) atoms. The second kappa shape index (κ2) is 8.61. The number of ether oxygens (including phenoxy) is 2. The Balaban J connectivity index is 1.75. The molecule has 0 bridgehead atoms. The highest BCUT2D eigenvalue weighted by atomic mass is 35.5. The summed E-state index contributed by atoms with van der Waals surface area (Å²) in [5.41, 5.74) is 3.25. The quantitative estimate of drug-likeness (QED) is 0.428. The molecule has 0 atom stereocenters. The van der Waals surface area contributed by atoms with Gasteiger partial charge in [-0.15, -0.1) is 11.3 Å². The first kappa shape index (κ1) is 19.5. The summed E-state index contributed by atoms with van der Waals surface area (Å²) in [5, 5.41) is 5.77. The Hall–Kier alpha value is -2.28. The number of hydrogen-bond acceptors (Lipinski definition) is 5. The first-order valence-electron chi connectivity index (χ1n) is 8.05. The van der Waals surface area contributed by atoms with E-state index < -0.39 is 0 Å². The normalized spacial score (nSPS) is 11.1. The molecule has 3 aromatic rings. The lowest BCUT2D eigenvalue weighted by atomic mass is 10.2. The van der Waals surface area contributed by atoms with Crippen LogP contribution in [0, 0.1) is 0 Å². The van der Waals surface area contributed by atoms with E-state index in [9.17, 15) is 4.79 Å². The number of hydrogen-bond donors (Lipinski definition) is 1. The van der Waals surface area contributed by atoms with Crippen LogP contribution in [0.25, 0.3) is 10.1 Å². The fourth-order valence-electron chi connectivity index (χ4n) is 2.44. The van der Waals surface area contributed by atoms with Gasteiger partial charge in [0.15, 0.2) is 11.5 Å². The average molecular weight is 423 g/mol. The average Bonchev–Trinajstić information content (AvgIpc) is 2.98. The molecule has 1 N–H and O–H groups in total. The number of nitrogens with one attached hydrogen (secondary N) is 1. The Morgan fingerprint density at radius 2 is 2.04 bits per heavy atom. The Kier molecular flexibility index (Phi) is 6.21. The molecule has 0 unspecified atom stereocenters. The van der Waals surface area contributed by atoms with Crippen LogP contribution in [0.4, 0.5) is 0 Å². The predicted octanol–water partition coefficient (Wildman–Crippen LogP) is 5.38. The molecule has 0 saturated heterocycles. The van der Waals surface area contributed by atoms with E-state index in [4.69, 9.17) is 32.7 Å². The molecule has 0 radical (unpaired) electrons. The largest absolute Gasteiger partial charge is 0.493 e. The van der Waals surface area contributed by atoms with Gasteiger partial charge in [-0.25, -0.2) is 5.43 Å². The fourth-order valence-corrected chi connectivity index (χ4v) is 4.12. The second-order valence-electron chi connectivity index (χ2n) is 5.43. The van der Waals surface area contributed by atoms with Crippen molar-refractivity contribution in [2.45, 2.75) is 6.92 Å². The second-order valence-corrected chi connectivity index (χ2v) is 7.29. The number of halogens is 2. The molecule has 0 aliphatic carbocycles. The molecule has 2 aromatic carbocycles. The van der Waals surface area contributed by atoms with E-state index in [0.717, 1.165) is 15.6 Å². The maximum atomic E-state index is 12.4. The molecule has 1 amide bonds. The lowest BCUT2D eigenvalue weighted by Gasteiger charge is -2.09. The van der Waals surface area contributed by atoms with Crippen molar-refractivity contribution in [3.8, 4) is 11.5 Å². The van der Waals surface area contributed by atoms with Crippen LogP contribution >= 0.6 is 34.5 Å². The first-order valence-corrected chi connectivity index (χ1v) is 9.62. The first-order chi connectivity index (χ1) is 13.0. The van der Waals surface area contributed by atoms with Crippen LogP contribution in [0.3, 0.4) is 0 Å². The third-order valence-electron chi connectivity index (χ3n) is 3.66. The maximum absolute atomic E-state index is 12.4. The minimum atomic E-state index is -0.383. The number of carbonyl (C=O) groups is 1. The van der Waals surface area contributed by atoms with Gasteiger partial charge in [-0.05, 0) is 42.8 Å². The van der Waals surface area contributed by atoms with Gasteiger partial charge in [0.25, 0.3) is 5.91 Å². The Labute approximate surface area is 170 Å². The van der Waals surface area contributed by atoms with Crippen LogP contribution < -0.4 is 14.9 Å². The third kappa shape index (κ3) is 4.35. The topological polar surface area (TPSA) is 59.9 Å². The van der Waals surface area contributed by atoms with E-state index in [-0.39, 0.29) is 5.91 Å². The van der Waals surface area contributed by atoms with Crippen LogP contribution in [0.5, 0.6) is 11.5 Å². The van der Waals surface area contributed by atoms with Crippen molar-refractivity contribution in [1.82, 2.24) is 5.43 Å². The molecule has 5 nitrogen and oxygen atoms in total. The van der Waals surface area contributed by atoms with Crippen molar-refractivity contribution in [3.63, 3.8) is 0 Å². The number of methoxy groups -OCH3 is 1. The minimum absolute atomic E-state index is 0.383. The van der Waals surface area contributed by atoms with Gasteiger partial charge in [0.1, 0.15) is 4.88 Å². The van der Waals surface area contributed by atoms with E-state index in [1.807, 2.05) is 13.0 Å². The van der Waals surface area contributed by atoms with Crippen molar-refractivity contribution in [1.29, 1.82) is 0 Å². The van der Waals surface area contributed by atoms with Gasteiger partial charge in [-0.3, -0.25) is 4.79 Å². The molecule has 8 heteroatoms. The van der Waals surface area contributed by atoms with Crippen LogP contribution in [0.15, 0.2) is 41.5 Å². The SMILES string of the molecule is CCOc1ccc(/C=N\NC(=O)c2sc3cc(Cl)ccc3c2Cl)cc1OC. The van der Waals surface area contributed by atoms with Crippen LogP contribution in [0.1, 0.15) is 22.2 Å². The summed E-state index contributed by atoms with van der Waals surface area (Å²) in [6, 6.07) is 10.7. The molecule has 140 valence electrons. The summed E-state index contributed by atoms with van der Waals surface area (Å²) in [6.45, 7) is 2.44. The molecule has 0 fully saturated rings. The lowest BCUT2D eigenvalue weighted by Crippen LogP contribution is -2.16. The highest BCUT2D eigenvalue weighted by molar-refractivity contribution is 7.21. The van der Waals surface area contributed by atoms with Crippen LogP contribution in [-0.4, -0.2) is 25.8 Å². The summed E-state index contributed by atoms with van der Waals surface area (Å²) in [7, 11) is 1.57. The highest BCUT2D eigenvalue weighted by Crippen LogP contribution is 2.36. The molecular formula is C19H16Cl2N2O3S. The number of amides is 1. The zero-order valence-electron chi connectivity index (χ0n) is 14.6.